The first-order valence-electron chi connectivity index (χ1n) is 9.77. The van der Waals surface area contributed by atoms with Crippen molar-refractivity contribution in [3.05, 3.63) is 54.1 Å². The summed E-state index contributed by atoms with van der Waals surface area (Å²) >= 11 is 5.25. The summed E-state index contributed by atoms with van der Waals surface area (Å²) in [5.74, 6) is 0.183. The van der Waals surface area contributed by atoms with Crippen LogP contribution in [0, 0.1) is 0 Å². The van der Waals surface area contributed by atoms with Gasteiger partial charge in [-0.3, -0.25) is 14.9 Å². The van der Waals surface area contributed by atoms with Gasteiger partial charge in [-0.25, -0.2) is 0 Å². The number of hydrogen-bond donors (Lipinski definition) is 3. The van der Waals surface area contributed by atoms with Crippen LogP contribution in [0.1, 0.15) is 49.9 Å². The van der Waals surface area contributed by atoms with E-state index < -0.39 is 0 Å². The van der Waals surface area contributed by atoms with E-state index in [0.29, 0.717) is 35.7 Å². The topological polar surface area (TPSA) is 79.5 Å². The van der Waals surface area contributed by atoms with Crippen LogP contribution in [0.2, 0.25) is 0 Å². The average molecular weight is 414 g/mol. The molecule has 0 aliphatic heterocycles. The molecule has 6 nitrogen and oxygen atoms in total. The molecule has 0 saturated heterocycles. The lowest BCUT2D eigenvalue weighted by atomic mass is 10.2. The largest absolute Gasteiger partial charge is 0.493 e. The first kappa shape index (κ1) is 22.4. The van der Waals surface area contributed by atoms with Gasteiger partial charge in [-0.15, -0.1) is 0 Å². The zero-order chi connectivity index (χ0) is 21.1. The molecule has 0 aliphatic carbocycles. The predicted molar refractivity (Wildman–Crippen MR) is 121 cm³/mol. The van der Waals surface area contributed by atoms with Gasteiger partial charge in [0.25, 0.3) is 5.91 Å². The lowest BCUT2D eigenvalue weighted by molar-refractivity contribution is -0.116. The van der Waals surface area contributed by atoms with E-state index in [9.17, 15) is 9.59 Å². The highest BCUT2D eigenvalue weighted by atomic mass is 32.1. The van der Waals surface area contributed by atoms with E-state index in [0.717, 1.165) is 19.3 Å². The van der Waals surface area contributed by atoms with Crippen LogP contribution in [0.5, 0.6) is 5.75 Å². The number of amides is 2. The second-order valence-electron chi connectivity index (χ2n) is 6.48. The van der Waals surface area contributed by atoms with E-state index in [1.165, 1.54) is 0 Å². The van der Waals surface area contributed by atoms with Crippen LogP contribution >= 0.6 is 12.2 Å². The Hall–Kier alpha value is -2.93. The second-order valence-corrected chi connectivity index (χ2v) is 6.89. The molecule has 3 N–H and O–H groups in total. The van der Waals surface area contributed by atoms with Gasteiger partial charge in [-0.05, 0) is 61.5 Å². The van der Waals surface area contributed by atoms with E-state index in [1.54, 1.807) is 42.5 Å². The third kappa shape index (κ3) is 7.54. The normalized spacial score (nSPS) is 10.1. The van der Waals surface area contributed by atoms with E-state index in [-0.39, 0.29) is 16.9 Å². The monoisotopic (exact) mass is 413 g/mol. The van der Waals surface area contributed by atoms with Gasteiger partial charge in [0.05, 0.1) is 12.2 Å². The van der Waals surface area contributed by atoms with Crippen molar-refractivity contribution in [3.63, 3.8) is 0 Å². The summed E-state index contributed by atoms with van der Waals surface area (Å²) in [5.41, 5.74) is 1.85. The summed E-state index contributed by atoms with van der Waals surface area (Å²) < 4.78 is 5.70. The van der Waals surface area contributed by atoms with Crippen LogP contribution in [0.15, 0.2) is 48.5 Å². The molecule has 2 aromatic carbocycles. The van der Waals surface area contributed by atoms with Gasteiger partial charge in [0.15, 0.2) is 5.11 Å². The SMILES string of the molecule is CCCCOc1ccccc1C(=O)NC(=S)Nc1ccc(NC(=O)CCC)cc1. The average Bonchev–Trinajstić information content (AvgIpc) is 2.70. The van der Waals surface area contributed by atoms with Crippen molar-refractivity contribution in [1.82, 2.24) is 5.32 Å². The smallest absolute Gasteiger partial charge is 0.261 e. The Morgan fingerprint density at radius 1 is 0.931 bits per heavy atom. The van der Waals surface area contributed by atoms with Crippen LogP contribution in [-0.4, -0.2) is 23.5 Å². The Bertz CT molecular complexity index is 837. The molecule has 2 rings (SSSR count). The highest BCUT2D eigenvalue weighted by Crippen LogP contribution is 2.18. The minimum atomic E-state index is -0.335. The maximum Gasteiger partial charge on any atom is 0.261 e. The molecule has 0 unspecified atom stereocenters. The standard InChI is InChI=1S/C22H27N3O3S/c1-3-5-15-28-19-10-7-6-9-18(19)21(27)25-22(29)24-17-13-11-16(12-14-17)23-20(26)8-4-2/h6-7,9-14H,3-5,8,15H2,1-2H3,(H,23,26)(H2,24,25,27,29). The number of anilines is 2. The Labute approximate surface area is 177 Å². The minimum Gasteiger partial charge on any atom is -0.493 e. The van der Waals surface area contributed by atoms with Crippen molar-refractivity contribution in [2.24, 2.45) is 0 Å². The van der Waals surface area contributed by atoms with E-state index in [2.05, 4.69) is 22.9 Å². The molecule has 0 heterocycles. The Morgan fingerprint density at radius 3 is 2.24 bits per heavy atom. The zero-order valence-corrected chi connectivity index (χ0v) is 17.6. The summed E-state index contributed by atoms with van der Waals surface area (Å²) in [4.78, 5) is 24.2. The van der Waals surface area contributed by atoms with E-state index in [1.807, 2.05) is 13.0 Å². The number of nitrogens with one attached hydrogen (secondary N) is 3. The number of hydrogen-bond acceptors (Lipinski definition) is 4. The molecule has 0 aromatic heterocycles. The second kappa shape index (κ2) is 11.8. The van der Waals surface area contributed by atoms with Crippen molar-refractivity contribution < 1.29 is 14.3 Å². The molecule has 29 heavy (non-hydrogen) atoms. The Balaban J connectivity index is 1.92. The number of rotatable bonds is 9. The number of benzene rings is 2. The lowest BCUT2D eigenvalue weighted by Gasteiger charge is -2.13. The summed E-state index contributed by atoms with van der Waals surface area (Å²) in [5, 5.41) is 8.64. The van der Waals surface area contributed by atoms with Crippen LogP contribution in [0.25, 0.3) is 0 Å². The molecule has 0 fully saturated rings. The van der Waals surface area contributed by atoms with Crippen LogP contribution in [0.3, 0.4) is 0 Å². The molecule has 0 atom stereocenters. The minimum absolute atomic E-state index is 0.0178. The molecular weight excluding hydrogens is 386 g/mol. The van der Waals surface area contributed by atoms with Gasteiger partial charge in [0, 0.05) is 17.8 Å². The molecular formula is C22H27N3O3S. The van der Waals surface area contributed by atoms with Gasteiger partial charge in [0.2, 0.25) is 5.91 Å². The molecule has 0 radical (unpaired) electrons. The van der Waals surface area contributed by atoms with E-state index in [4.69, 9.17) is 17.0 Å². The summed E-state index contributed by atoms with van der Waals surface area (Å²) in [7, 11) is 0. The van der Waals surface area contributed by atoms with Crippen molar-refractivity contribution in [1.29, 1.82) is 0 Å². The molecule has 2 amide bonds. The molecule has 0 bridgehead atoms. The van der Waals surface area contributed by atoms with Crippen LogP contribution in [0.4, 0.5) is 11.4 Å². The molecule has 0 spiro atoms. The fourth-order valence-electron chi connectivity index (χ4n) is 2.53. The van der Waals surface area contributed by atoms with Crippen molar-refractivity contribution >= 4 is 40.5 Å². The predicted octanol–water partition coefficient (Wildman–Crippen LogP) is 4.73. The highest BCUT2D eigenvalue weighted by Gasteiger charge is 2.13. The Kier molecular flexibility index (Phi) is 9.11. The molecule has 7 heteroatoms. The van der Waals surface area contributed by atoms with Crippen molar-refractivity contribution in [2.75, 3.05) is 17.2 Å². The van der Waals surface area contributed by atoms with Crippen LogP contribution in [-0.2, 0) is 4.79 Å². The van der Waals surface area contributed by atoms with Gasteiger partial charge >= 0.3 is 0 Å². The van der Waals surface area contributed by atoms with Crippen molar-refractivity contribution in [3.8, 4) is 5.75 Å². The third-order valence-electron chi connectivity index (χ3n) is 4.02. The molecule has 154 valence electrons. The maximum atomic E-state index is 12.6. The number of carbonyl (C=O) groups excluding carboxylic acids is 2. The number of ether oxygens (including phenoxy) is 1. The molecule has 0 aliphatic rings. The quantitative estimate of drug-likeness (QED) is 0.409. The third-order valence-corrected chi connectivity index (χ3v) is 4.22. The fraction of sp³-hybridized carbons (Fsp3) is 0.318. The maximum absolute atomic E-state index is 12.6. The zero-order valence-electron chi connectivity index (χ0n) is 16.8. The number of carbonyl (C=O) groups is 2. The van der Waals surface area contributed by atoms with Gasteiger partial charge < -0.3 is 15.4 Å². The fourth-order valence-corrected chi connectivity index (χ4v) is 2.74. The molecule has 0 saturated carbocycles. The van der Waals surface area contributed by atoms with Gasteiger partial charge in [0.1, 0.15) is 5.75 Å². The number of thiocarbonyl (C=S) groups is 1. The summed E-state index contributed by atoms with van der Waals surface area (Å²) in [6.45, 7) is 4.60. The molecule has 2 aromatic rings. The van der Waals surface area contributed by atoms with Gasteiger partial charge in [-0.2, -0.15) is 0 Å². The Morgan fingerprint density at radius 2 is 1.59 bits per heavy atom. The van der Waals surface area contributed by atoms with Gasteiger partial charge in [-0.1, -0.05) is 32.4 Å². The first-order chi connectivity index (χ1) is 14.0. The first-order valence-corrected chi connectivity index (χ1v) is 10.2. The summed E-state index contributed by atoms with van der Waals surface area (Å²) in [6, 6.07) is 14.2. The summed E-state index contributed by atoms with van der Waals surface area (Å²) in [6.07, 6.45) is 3.22. The lowest BCUT2D eigenvalue weighted by Crippen LogP contribution is -2.34. The number of unbranched alkanes of at least 4 members (excludes halogenated alkanes) is 1. The number of para-hydroxylation sites is 1. The highest BCUT2D eigenvalue weighted by molar-refractivity contribution is 7.80. The van der Waals surface area contributed by atoms with Crippen LogP contribution < -0.4 is 20.7 Å². The van der Waals surface area contributed by atoms with E-state index >= 15 is 0 Å². The van der Waals surface area contributed by atoms with Crippen molar-refractivity contribution in [2.45, 2.75) is 39.5 Å².